The summed E-state index contributed by atoms with van der Waals surface area (Å²) in [6.07, 6.45) is 1.52. The fourth-order valence-electron chi connectivity index (χ4n) is 3.56. The summed E-state index contributed by atoms with van der Waals surface area (Å²) >= 11 is 0. The minimum atomic E-state index is 0.0732. The van der Waals surface area contributed by atoms with Crippen LogP contribution in [-0.4, -0.2) is 46.5 Å². The molecule has 3 aromatic rings. The van der Waals surface area contributed by atoms with Gasteiger partial charge in [0.2, 0.25) is 5.88 Å². The van der Waals surface area contributed by atoms with Gasteiger partial charge in [-0.2, -0.15) is 0 Å². The van der Waals surface area contributed by atoms with Gasteiger partial charge in [-0.15, -0.1) is 0 Å². The topological polar surface area (TPSA) is 58.6 Å². The molecule has 0 saturated carbocycles. The number of amides is 1. The quantitative estimate of drug-likeness (QED) is 0.678. The SMILES string of the molecule is Cc1ccccc1Oc1cc(N2CCN(C(=O)c3ccccc3)[C@@H](C)C2)ncn1. The third kappa shape index (κ3) is 4.21. The number of rotatable bonds is 4. The number of hydrogen-bond donors (Lipinski definition) is 0. The van der Waals surface area contributed by atoms with Crippen molar-refractivity contribution in [2.75, 3.05) is 24.5 Å². The van der Waals surface area contributed by atoms with Crippen molar-refractivity contribution in [2.24, 2.45) is 0 Å². The number of ether oxygens (including phenoxy) is 1. The van der Waals surface area contributed by atoms with E-state index < -0.39 is 0 Å². The first-order chi connectivity index (χ1) is 14.1. The molecule has 1 atom stereocenters. The van der Waals surface area contributed by atoms with Crippen molar-refractivity contribution in [3.63, 3.8) is 0 Å². The predicted molar refractivity (Wildman–Crippen MR) is 112 cm³/mol. The minimum Gasteiger partial charge on any atom is -0.439 e. The Morgan fingerprint density at radius 1 is 1.03 bits per heavy atom. The smallest absolute Gasteiger partial charge is 0.254 e. The van der Waals surface area contributed by atoms with Gasteiger partial charge in [0.25, 0.3) is 5.91 Å². The highest BCUT2D eigenvalue weighted by Gasteiger charge is 2.28. The van der Waals surface area contributed by atoms with E-state index in [4.69, 9.17) is 4.74 Å². The molecule has 0 N–H and O–H groups in total. The van der Waals surface area contributed by atoms with Crippen LogP contribution in [0.25, 0.3) is 0 Å². The molecule has 6 heteroatoms. The zero-order chi connectivity index (χ0) is 20.2. The Morgan fingerprint density at radius 2 is 1.79 bits per heavy atom. The fourth-order valence-corrected chi connectivity index (χ4v) is 3.56. The average Bonchev–Trinajstić information content (AvgIpc) is 2.76. The highest BCUT2D eigenvalue weighted by Crippen LogP contribution is 2.26. The summed E-state index contributed by atoms with van der Waals surface area (Å²) in [6.45, 7) is 6.14. The predicted octanol–water partition coefficient (Wildman–Crippen LogP) is 3.93. The zero-order valence-electron chi connectivity index (χ0n) is 16.7. The van der Waals surface area contributed by atoms with E-state index in [1.807, 2.05) is 72.5 Å². The Hall–Kier alpha value is -3.41. The van der Waals surface area contributed by atoms with Crippen LogP contribution in [0.2, 0.25) is 0 Å². The van der Waals surface area contributed by atoms with Crippen molar-refractivity contribution >= 4 is 11.7 Å². The van der Waals surface area contributed by atoms with E-state index in [0.29, 0.717) is 25.5 Å². The third-order valence-corrected chi connectivity index (χ3v) is 5.17. The summed E-state index contributed by atoms with van der Waals surface area (Å²) < 4.78 is 5.94. The van der Waals surface area contributed by atoms with Gasteiger partial charge in [-0.3, -0.25) is 4.79 Å². The molecule has 6 nitrogen and oxygen atoms in total. The molecule has 1 amide bonds. The van der Waals surface area contributed by atoms with Gasteiger partial charge in [-0.05, 0) is 37.6 Å². The van der Waals surface area contributed by atoms with E-state index in [0.717, 1.165) is 22.7 Å². The van der Waals surface area contributed by atoms with Crippen molar-refractivity contribution in [3.8, 4) is 11.6 Å². The Balaban J connectivity index is 1.45. The molecule has 1 aliphatic heterocycles. The van der Waals surface area contributed by atoms with E-state index >= 15 is 0 Å². The molecule has 0 aliphatic carbocycles. The molecule has 1 aromatic heterocycles. The number of para-hydroxylation sites is 1. The standard InChI is InChI=1S/C23H24N4O2/c1-17-8-6-7-11-20(17)29-22-14-21(24-16-25-22)26-12-13-27(18(2)15-26)23(28)19-9-4-3-5-10-19/h3-11,14,16,18H,12-13,15H2,1-2H3/t18-/m0/s1. The van der Waals surface area contributed by atoms with Crippen molar-refractivity contribution in [1.82, 2.24) is 14.9 Å². The van der Waals surface area contributed by atoms with Crippen LogP contribution in [0, 0.1) is 6.92 Å². The minimum absolute atomic E-state index is 0.0732. The molecule has 0 spiro atoms. The Kier molecular flexibility index (Phi) is 5.42. The van der Waals surface area contributed by atoms with Gasteiger partial charge in [0.15, 0.2) is 0 Å². The first kappa shape index (κ1) is 18.9. The van der Waals surface area contributed by atoms with Crippen LogP contribution in [0.3, 0.4) is 0 Å². The molecule has 1 saturated heterocycles. The molecule has 29 heavy (non-hydrogen) atoms. The van der Waals surface area contributed by atoms with E-state index in [1.165, 1.54) is 6.33 Å². The van der Waals surface area contributed by atoms with E-state index in [9.17, 15) is 4.79 Å². The Bertz CT molecular complexity index is 993. The molecular formula is C23H24N4O2. The number of piperazine rings is 1. The zero-order valence-corrected chi connectivity index (χ0v) is 16.7. The molecular weight excluding hydrogens is 364 g/mol. The molecule has 148 valence electrons. The van der Waals surface area contributed by atoms with Crippen molar-refractivity contribution in [3.05, 3.63) is 78.1 Å². The maximum atomic E-state index is 12.8. The molecule has 1 aliphatic rings. The van der Waals surface area contributed by atoms with Crippen molar-refractivity contribution in [1.29, 1.82) is 0 Å². The monoisotopic (exact) mass is 388 g/mol. The summed E-state index contributed by atoms with van der Waals surface area (Å²) in [6, 6.07) is 19.2. The molecule has 2 heterocycles. The summed E-state index contributed by atoms with van der Waals surface area (Å²) in [7, 11) is 0. The number of aromatic nitrogens is 2. The second-order valence-corrected chi connectivity index (χ2v) is 7.24. The van der Waals surface area contributed by atoms with Crippen LogP contribution in [-0.2, 0) is 0 Å². The van der Waals surface area contributed by atoms with E-state index in [1.54, 1.807) is 0 Å². The Labute approximate surface area is 170 Å². The molecule has 0 bridgehead atoms. The second kappa shape index (κ2) is 8.31. The molecule has 0 unspecified atom stereocenters. The van der Waals surface area contributed by atoms with Gasteiger partial charge in [-0.1, -0.05) is 36.4 Å². The van der Waals surface area contributed by atoms with Crippen LogP contribution in [0.5, 0.6) is 11.6 Å². The van der Waals surface area contributed by atoms with Crippen LogP contribution >= 0.6 is 0 Å². The summed E-state index contributed by atoms with van der Waals surface area (Å²) in [5.74, 6) is 2.18. The molecule has 1 fully saturated rings. The highest BCUT2D eigenvalue weighted by molar-refractivity contribution is 5.94. The highest BCUT2D eigenvalue weighted by atomic mass is 16.5. The summed E-state index contributed by atoms with van der Waals surface area (Å²) in [5, 5.41) is 0. The first-order valence-corrected chi connectivity index (χ1v) is 9.78. The van der Waals surface area contributed by atoms with Crippen LogP contribution < -0.4 is 9.64 Å². The van der Waals surface area contributed by atoms with Crippen LogP contribution in [0.4, 0.5) is 5.82 Å². The molecule has 2 aromatic carbocycles. The van der Waals surface area contributed by atoms with Crippen molar-refractivity contribution < 1.29 is 9.53 Å². The lowest BCUT2D eigenvalue weighted by Gasteiger charge is -2.40. The van der Waals surface area contributed by atoms with Crippen molar-refractivity contribution in [2.45, 2.75) is 19.9 Å². The van der Waals surface area contributed by atoms with Gasteiger partial charge in [0.05, 0.1) is 0 Å². The molecule has 0 radical (unpaired) electrons. The first-order valence-electron chi connectivity index (χ1n) is 9.78. The Morgan fingerprint density at radius 3 is 2.55 bits per heavy atom. The largest absolute Gasteiger partial charge is 0.439 e. The van der Waals surface area contributed by atoms with Gasteiger partial charge < -0.3 is 14.5 Å². The van der Waals surface area contributed by atoms with Crippen LogP contribution in [0.15, 0.2) is 67.0 Å². The van der Waals surface area contributed by atoms with Gasteiger partial charge in [0, 0.05) is 37.3 Å². The maximum absolute atomic E-state index is 12.8. The number of aryl methyl sites for hydroxylation is 1. The normalized spacial score (nSPS) is 16.6. The lowest BCUT2D eigenvalue weighted by atomic mass is 10.1. The molecule has 4 rings (SSSR count). The number of carbonyl (C=O) groups is 1. The fraction of sp³-hybridized carbons (Fsp3) is 0.261. The third-order valence-electron chi connectivity index (χ3n) is 5.17. The lowest BCUT2D eigenvalue weighted by Crippen LogP contribution is -2.54. The number of hydrogen-bond acceptors (Lipinski definition) is 5. The lowest BCUT2D eigenvalue weighted by molar-refractivity contribution is 0.0673. The number of benzene rings is 2. The second-order valence-electron chi connectivity index (χ2n) is 7.24. The number of nitrogens with zero attached hydrogens (tertiary/aromatic N) is 4. The number of carbonyl (C=O) groups excluding carboxylic acids is 1. The van der Waals surface area contributed by atoms with E-state index in [-0.39, 0.29) is 11.9 Å². The van der Waals surface area contributed by atoms with Gasteiger partial charge in [-0.25, -0.2) is 9.97 Å². The van der Waals surface area contributed by atoms with Crippen LogP contribution in [0.1, 0.15) is 22.8 Å². The maximum Gasteiger partial charge on any atom is 0.254 e. The van der Waals surface area contributed by atoms with Gasteiger partial charge in [0.1, 0.15) is 17.9 Å². The summed E-state index contributed by atoms with van der Waals surface area (Å²) in [5.41, 5.74) is 1.78. The average molecular weight is 388 g/mol. The number of anilines is 1. The van der Waals surface area contributed by atoms with E-state index in [2.05, 4.69) is 21.8 Å². The van der Waals surface area contributed by atoms with Gasteiger partial charge >= 0.3 is 0 Å². The summed E-state index contributed by atoms with van der Waals surface area (Å²) in [4.78, 5) is 25.6.